The second-order valence-electron chi connectivity index (χ2n) is 7.78. The van der Waals surface area contributed by atoms with Crippen LogP contribution in [0, 0.1) is 18.2 Å². The van der Waals surface area contributed by atoms with E-state index < -0.39 is 6.10 Å². The molecule has 31 heavy (non-hydrogen) atoms. The smallest absolute Gasteiger partial charge is 0.128 e. The molecule has 1 N–H and O–H groups in total. The van der Waals surface area contributed by atoms with Crippen molar-refractivity contribution >= 4 is 0 Å². The van der Waals surface area contributed by atoms with Crippen LogP contribution in [0.5, 0.6) is 0 Å². The monoisotopic (exact) mass is 429 g/mol. The maximum Gasteiger partial charge on any atom is 0.128 e. The molecule has 1 aromatic heterocycles. The average molecular weight is 430 g/mol. The minimum atomic E-state index is -0.631. The van der Waals surface area contributed by atoms with Crippen molar-refractivity contribution < 1.29 is 19.0 Å². The minimum Gasteiger partial charge on any atom is -0.389 e. The van der Waals surface area contributed by atoms with Gasteiger partial charge in [-0.1, -0.05) is 24.1 Å². The van der Waals surface area contributed by atoms with Crippen LogP contribution in [-0.4, -0.2) is 84.7 Å². The first-order valence-corrected chi connectivity index (χ1v) is 10.7. The molecule has 1 saturated heterocycles. The number of benzene rings is 1. The van der Waals surface area contributed by atoms with Gasteiger partial charge >= 0.3 is 0 Å². The van der Waals surface area contributed by atoms with Crippen LogP contribution in [-0.2, 0) is 22.6 Å². The van der Waals surface area contributed by atoms with Gasteiger partial charge in [0.2, 0.25) is 0 Å². The molecule has 0 bridgehead atoms. The Kier molecular flexibility index (Phi) is 9.53. The van der Waals surface area contributed by atoms with Crippen molar-refractivity contribution in [3.05, 3.63) is 59.7 Å². The summed E-state index contributed by atoms with van der Waals surface area (Å²) in [7, 11) is 0. The van der Waals surface area contributed by atoms with E-state index in [0.29, 0.717) is 25.2 Å². The van der Waals surface area contributed by atoms with Gasteiger partial charge in [0.15, 0.2) is 0 Å². The number of aromatic nitrogens is 1. The maximum atomic E-state index is 14.1. The average Bonchev–Trinajstić information content (AvgIpc) is 3.21. The van der Waals surface area contributed by atoms with Crippen LogP contribution in [0.25, 0.3) is 0 Å². The number of halogens is 1. The molecule has 0 unspecified atom stereocenters. The number of ether oxygens (including phenoxy) is 2. The van der Waals surface area contributed by atoms with Crippen LogP contribution in [0.15, 0.2) is 42.6 Å². The van der Waals surface area contributed by atoms with Crippen LogP contribution in [0.2, 0.25) is 0 Å². The molecule has 168 valence electrons. The summed E-state index contributed by atoms with van der Waals surface area (Å²) >= 11 is 0. The maximum absolute atomic E-state index is 14.1. The molecule has 1 aliphatic rings. The summed E-state index contributed by atoms with van der Waals surface area (Å²) in [5.41, 5.74) is 1.73. The number of hydrogen-bond acceptors (Lipinski definition) is 5. The number of rotatable bonds is 12. The summed E-state index contributed by atoms with van der Waals surface area (Å²) in [4.78, 5) is 4.59. The SMILES string of the molecule is C#CCOC[C@@H](O)CN(CCN1CCOCC1)Cc1cccn1Cc1ccccc1F. The van der Waals surface area contributed by atoms with Gasteiger partial charge in [-0.25, -0.2) is 4.39 Å². The van der Waals surface area contributed by atoms with Gasteiger partial charge in [0.25, 0.3) is 0 Å². The summed E-state index contributed by atoms with van der Waals surface area (Å²) in [6, 6.07) is 10.9. The molecule has 6 nitrogen and oxygen atoms in total. The topological polar surface area (TPSA) is 50.1 Å². The van der Waals surface area contributed by atoms with Crippen molar-refractivity contribution in [1.29, 1.82) is 0 Å². The van der Waals surface area contributed by atoms with Crippen molar-refractivity contribution in [1.82, 2.24) is 14.4 Å². The van der Waals surface area contributed by atoms with E-state index in [9.17, 15) is 9.50 Å². The highest BCUT2D eigenvalue weighted by molar-refractivity contribution is 5.19. The van der Waals surface area contributed by atoms with Crippen LogP contribution in [0.1, 0.15) is 11.3 Å². The van der Waals surface area contributed by atoms with Gasteiger partial charge in [-0.2, -0.15) is 0 Å². The molecule has 1 aliphatic heterocycles. The molecule has 3 rings (SSSR count). The van der Waals surface area contributed by atoms with Crippen molar-refractivity contribution in [2.24, 2.45) is 0 Å². The predicted octanol–water partition coefficient (Wildman–Crippen LogP) is 1.82. The Morgan fingerprint density at radius 1 is 1.23 bits per heavy atom. The van der Waals surface area contributed by atoms with Crippen LogP contribution < -0.4 is 0 Å². The molecule has 2 aromatic rings. The fourth-order valence-electron chi connectivity index (χ4n) is 3.73. The molecule has 7 heteroatoms. The number of hydrogen-bond donors (Lipinski definition) is 1. The second-order valence-corrected chi connectivity index (χ2v) is 7.78. The largest absolute Gasteiger partial charge is 0.389 e. The second kappa shape index (κ2) is 12.6. The third-order valence-electron chi connectivity index (χ3n) is 5.41. The lowest BCUT2D eigenvalue weighted by molar-refractivity contribution is 0.0133. The predicted molar refractivity (Wildman–Crippen MR) is 118 cm³/mol. The van der Waals surface area contributed by atoms with Crippen molar-refractivity contribution in [2.45, 2.75) is 19.2 Å². The minimum absolute atomic E-state index is 0.191. The third kappa shape index (κ3) is 7.76. The van der Waals surface area contributed by atoms with E-state index in [2.05, 4.69) is 20.3 Å². The number of morpholine rings is 1. The first-order chi connectivity index (χ1) is 15.2. The summed E-state index contributed by atoms with van der Waals surface area (Å²) < 4.78 is 26.9. The molecular weight excluding hydrogens is 397 g/mol. The van der Waals surface area contributed by atoms with Gasteiger partial charge in [0.1, 0.15) is 12.4 Å². The lowest BCUT2D eigenvalue weighted by Gasteiger charge is -2.31. The zero-order valence-corrected chi connectivity index (χ0v) is 18.0. The van der Waals surface area contributed by atoms with Gasteiger partial charge in [-0.15, -0.1) is 6.42 Å². The molecule has 2 heterocycles. The highest BCUT2D eigenvalue weighted by Gasteiger charge is 2.17. The highest BCUT2D eigenvalue weighted by atomic mass is 19.1. The van der Waals surface area contributed by atoms with Crippen molar-refractivity contribution in [3.63, 3.8) is 0 Å². The van der Waals surface area contributed by atoms with Crippen LogP contribution in [0.4, 0.5) is 4.39 Å². The Hall–Kier alpha value is -2.21. The van der Waals surface area contributed by atoms with E-state index in [-0.39, 0.29) is 19.0 Å². The van der Waals surface area contributed by atoms with Gasteiger partial charge in [0.05, 0.1) is 32.5 Å². The Balaban J connectivity index is 1.63. The Bertz CT molecular complexity index is 829. The Morgan fingerprint density at radius 2 is 2.03 bits per heavy atom. The van der Waals surface area contributed by atoms with Gasteiger partial charge in [0, 0.05) is 56.7 Å². The number of nitrogens with zero attached hydrogens (tertiary/aromatic N) is 3. The fourth-order valence-corrected chi connectivity index (χ4v) is 3.73. The van der Waals surface area contributed by atoms with E-state index in [1.165, 1.54) is 6.07 Å². The first kappa shape index (κ1) is 23.5. The first-order valence-electron chi connectivity index (χ1n) is 10.7. The fraction of sp³-hybridized carbons (Fsp3) is 0.500. The van der Waals surface area contributed by atoms with Crippen LogP contribution in [0.3, 0.4) is 0 Å². The van der Waals surface area contributed by atoms with Crippen LogP contribution >= 0.6 is 0 Å². The van der Waals surface area contributed by atoms with Gasteiger partial charge < -0.3 is 19.1 Å². The Labute approximate surface area is 184 Å². The molecule has 1 aromatic carbocycles. The molecular formula is C24H32FN3O3. The molecule has 0 saturated carbocycles. The van der Waals surface area contributed by atoms with E-state index in [4.69, 9.17) is 15.9 Å². The molecule has 1 atom stereocenters. The summed E-state index contributed by atoms with van der Waals surface area (Å²) in [6.07, 6.45) is 6.55. The zero-order chi connectivity index (χ0) is 21.9. The quantitative estimate of drug-likeness (QED) is 0.412. The van der Waals surface area contributed by atoms with E-state index in [0.717, 1.165) is 45.1 Å². The van der Waals surface area contributed by atoms with Crippen molar-refractivity contribution in [3.8, 4) is 12.3 Å². The summed E-state index contributed by atoms with van der Waals surface area (Å²) in [5, 5.41) is 10.4. The molecule has 1 fully saturated rings. The van der Waals surface area contributed by atoms with Gasteiger partial charge in [-0.3, -0.25) is 9.80 Å². The van der Waals surface area contributed by atoms with E-state index in [1.54, 1.807) is 6.07 Å². The van der Waals surface area contributed by atoms with Crippen molar-refractivity contribution in [2.75, 3.05) is 59.2 Å². The lowest BCUT2D eigenvalue weighted by atomic mass is 10.2. The molecule has 0 spiro atoms. The highest BCUT2D eigenvalue weighted by Crippen LogP contribution is 2.14. The number of aliphatic hydroxyl groups excluding tert-OH is 1. The third-order valence-corrected chi connectivity index (χ3v) is 5.41. The standard InChI is InChI=1S/C24H32FN3O3/c1-2-14-31-20-23(29)19-27(11-10-26-12-15-30-16-13-26)18-22-7-5-9-28(22)17-21-6-3-4-8-24(21)25/h1,3-9,23,29H,10-20H2/t23-/m0/s1. The molecule has 0 radical (unpaired) electrons. The summed E-state index contributed by atoms with van der Waals surface area (Å²) in [5.74, 6) is 2.22. The van der Waals surface area contributed by atoms with Gasteiger partial charge in [-0.05, 0) is 18.2 Å². The normalized spacial score (nSPS) is 15.8. The number of terminal acetylenes is 1. The zero-order valence-electron chi connectivity index (χ0n) is 18.0. The number of aliphatic hydroxyl groups is 1. The summed E-state index contributed by atoms with van der Waals surface area (Å²) in [6.45, 7) is 7.05. The Morgan fingerprint density at radius 3 is 2.81 bits per heavy atom. The molecule has 0 aliphatic carbocycles. The molecule has 0 amide bonds. The lowest BCUT2D eigenvalue weighted by Crippen LogP contribution is -2.43. The van der Waals surface area contributed by atoms with E-state index >= 15 is 0 Å². The van der Waals surface area contributed by atoms with E-state index in [1.807, 2.05) is 30.5 Å².